The number of benzene rings is 16. The van der Waals surface area contributed by atoms with Crippen LogP contribution in [-0.2, 0) is 0 Å². The highest BCUT2D eigenvalue weighted by molar-refractivity contribution is 6.41. The SMILES string of the molecule is c1ccc(-n2c3ccccc3c3c2c2oc4ccccc4c2c2c4ccc(-c5cccc(-n6c7ccccc7c7c6c6oc8ccccc8c6c6c8ccccc8n(-c8ccc9oc%10ccc%11ccccc%11c%10c9c8)c67)c5)cc4n(-c4ccc5oc6cc7ccccc7cc6c5c4)c23)cc1. The monoisotopic (exact) mass is 1270 g/mol. The molecule has 8 heterocycles. The van der Waals surface area contributed by atoms with E-state index in [0.29, 0.717) is 0 Å². The summed E-state index contributed by atoms with van der Waals surface area (Å²) in [5, 5.41) is 22.3. The first kappa shape index (κ1) is 52.7. The second-order valence-electron chi connectivity index (χ2n) is 26.9. The molecule has 0 amide bonds. The summed E-state index contributed by atoms with van der Waals surface area (Å²) >= 11 is 0. The number of para-hydroxylation sites is 6. The van der Waals surface area contributed by atoms with Gasteiger partial charge in [-0.3, -0.25) is 0 Å². The normalized spacial score (nSPS) is 12.6. The van der Waals surface area contributed by atoms with Gasteiger partial charge in [0.2, 0.25) is 0 Å². The fourth-order valence-corrected chi connectivity index (χ4v) is 17.7. The summed E-state index contributed by atoms with van der Waals surface area (Å²) in [5.74, 6) is 0. The van der Waals surface area contributed by atoms with Gasteiger partial charge in [0.05, 0.1) is 44.1 Å². The van der Waals surface area contributed by atoms with Gasteiger partial charge in [-0.1, -0.05) is 188 Å². The zero-order chi connectivity index (χ0) is 64.7. The van der Waals surface area contributed by atoms with E-state index in [1.165, 1.54) is 16.2 Å². The van der Waals surface area contributed by atoms with Crippen LogP contribution < -0.4 is 0 Å². The van der Waals surface area contributed by atoms with E-state index in [2.05, 4.69) is 322 Å². The number of aromatic nitrogens is 4. The van der Waals surface area contributed by atoms with Crippen molar-refractivity contribution in [2.75, 3.05) is 0 Å². The van der Waals surface area contributed by atoms with E-state index in [4.69, 9.17) is 17.7 Å². The van der Waals surface area contributed by atoms with Crippen molar-refractivity contribution in [3.05, 3.63) is 303 Å². The predicted molar refractivity (Wildman–Crippen MR) is 413 cm³/mol. The Morgan fingerprint density at radius 1 is 0.180 bits per heavy atom. The lowest BCUT2D eigenvalue weighted by Crippen LogP contribution is -1.97. The van der Waals surface area contributed by atoms with Crippen LogP contribution >= 0.6 is 0 Å². The van der Waals surface area contributed by atoms with Crippen LogP contribution in [0.3, 0.4) is 0 Å². The third-order valence-electron chi connectivity index (χ3n) is 21.8. The van der Waals surface area contributed by atoms with Crippen LogP contribution in [-0.4, -0.2) is 18.3 Å². The third-order valence-corrected chi connectivity index (χ3v) is 21.8. The van der Waals surface area contributed by atoms with Gasteiger partial charge in [-0.2, -0.15) is 0 Å². The number of hydrogen-bond donors (Lipinski definition) is 0. The standard InChI is InChI=1S/C92H50N4O4/c1-2-23-56(24-3-1)93-71-33-14-9-28-62(71)86-88-82(84-66-31-12-17-36-75(66)99-91(84)89(86)93)64-41-37-55(47-73(64)96(88)58-39-43-76-68(49-58)67-46-53-20-4-5-21-54(53)48-79(67)98-76)52-22-18-25-57(45-52)95-72-34-15-10-29-63(72)85-87-81(83-65-30-11-16-35-74(65)100-92(83)90(85)95)61-27-8-13-32-70(61)94(87)59-40-44-77-69(50-59)80-60-26-7-6-19-51(60)38-42-78(80)97-77/h1-50H. The number of nitrogens with zero attached hydrogens (tertiary/aromatic N) is 4. The molecule has 8 heteroatoms. The van der Waals surface area contributed by atoms with Crippen LogP contribution in [0.1, 0.15) is 0 Å². The minimum Gasteiger partial charge on any atom is -0.456 e. The van der Waals surface area contributed by atoms with Crippen LogP contribution in [0, 0.1) is 0 Å². The van der Waals surface area contributed by atoms with Crippen LogP contribution in [0.4, 0.5) is 0 Å². The van der Waals surface area contributed by atoms with Crippen LogP contribution in [0.25, 0.3) is 230 Å². The number of fused-ring (bicyclic) bond motifs is 33. The van der Waals surface area contributed by atoms with Crippen molar-refractivity contribution in [2.24, 2.45) is 0 Å². The van der Waals surface area contributed by atoms with Gasteiger partial charge in [-0.15, -0.1) is 0 Å². The molecule has 24 aromatic rings. The Morgan fingerprint density at radius 3 is 1.28 bits per heavy atom. The van der Waals surface area contributed by atoms with Crippen molar-refractivity contribution in [3.8, 4) is 33.9 Å². The topological polar surface area (TPSA) is 72.3 Å². The molecule has 0 N–H and O–H groups in total. The molecular formula is C92H50N4O4. The van der Waals surface area contributed by atoms with Gasteiger partial charge in [0, 0.05) is 109 Å². The summed E-state index contributed by atoms with van der Waals surface area (Å²) < 4.78 is 37.9. The maximum absolute atomic E-state index is 7.35. The highest BCUT2D eigenvalue weighted by Gasteiger charge is 2.31. The smallest absolute Gasteiger partial charge is 0.160 e. The summed E-state index contributed by atoms with van der Waals surface area (Å²) in [4.78, 5) is 0. The zero-order valence-corrected chi connectivity index (χ0v) is 53.3. The molecular weight excluding hydrogens is 1230 g/mol. The van der Waals surface area contributed by atoms with Gasteiger partial charge in [0.15, 0.2) is 11.2 Å². The Morgan fingerprint density at radius 2 is 0.620 bits per heavy atom. The van der Waals surface area contributed by atoms with E-state index in [-0.39, 0.29) is 0 Å². The van der Waals surface area contributed by atoms with Gasteiger partial charge >= 0.3 is 0 Å². The van der Waals surface area contributed by atoms with E-state index in [1.807, 2.05) is 0 Å². The molecule has 0 aliphatic rings. The zero-order valence-electron chi connectivity index (χ0n) is 53.3. The first-order valence-electron chi connectivity index (χ1n) is 34.1. The number of furan rings is 4. The second-order valence-corrected chi connectivity index (χ2v) is 26.9. The molecule has 0 radical (unpaired) electrons. The highest BCUT2D eigenvalue weighted by atomic mass is 16.3. The van der Waals surface area contributed by atoms with Crippen molar-refractivity contribution in [3.63, 3.8) is 0 Å². The van der Waals surface area contributed by atoms with Gasteiger partial charge in [-0.05, 0) is 148 Å². The first-order chi connectivity index (χ1) is 49.6. The van der Waals surface area contributed by atoms with Crippen LogP contribution in [0.5, 0.6) is 0 Å². The van der Waals surface area contributed by atoms with Crippen molar-refractivity contribution >= 4 is 197 Å². The lowest BCUT2D eigenvalue weighted by molar-refractivity contribution is 0.669. The minimum absolute atomic E-state index is 0.840. The molecule has 0 aliphatic heterocycles. The van der Waals surface area contributed by atoms with E-state index < -0.39 is 0 Å². The van der Waals surface area contributed by atoms with Crippen molar-refractivity contribution in [1.29, 1.82) is 0 Å². The van der Waals surface area contributed by atoms with E-state index in [1.54, 1.807) is 0 Å². The molecule has 8 nitrogen and oxygen atoms in total. The first-order valence-corrected chi connectivity index (χ1v) is 34.1. The lowest BCUT2D eigenvalue weighted by Gasteiger charge is -2.13. The Kier molecular flexibility index (Phi) is 10.1. The lowest BCUT2D eigenvalue weighted by atomic mass is 9.99. The number of rotatable bonds is 5. The van der Waals surface area contributed by atoms with Gasteiger partial charge in [-0.25, -0.2) is 0 Å². The molecule has 0 aliphatic carbocycles. The summed E-state index contributed by atoms with van der Waals surface area (Å²) in [6.45, 7) is 0. The highest BCUT2D eigenvalue weighted by Crippen LogP contribution is 2.53. The molecule has 8 aromatic heterocycles. The molecule has 100 heavy (non-hydrogen) atoms. The Labute approximate surface area is 566 Å². The average Bonchev–Trinajstić information content (AvgIpc) is 1.52. The molecule has 0 spiro atoms. The maximum atomic E-state index is 7.35. The van der Waals surface area contributed by atoms with Crippen LogP contribution in [0.15, 0.2) is 321 Å². The largest absolute Gasteiger partial charge is 0.456 e. The fraction of sp³-hybridized carbons (Fsp3) is 0. The summed E-state index contributed by atoms with van der Waals surface area (Å²) in [5.41, 5.74) is 21.7. The summed E-state index contributed by atoms with van der Waals surface area (Å²) in [7, 11) is 0. The third kappa shape index (κ3) is 6.83. The quantitative estimate of drug-likeness (QED) is 0.172. The van der Waals surface area contributed by atoms with Crippen molar-refractivity contribution < 1.29 is 17.7 Å². The molecule has 0 bridgehead atoms. The van der Waals surface area contributed by atoms with E-state index in [0.717, 1.165) is 214 Å². The van der Waals surface area contributed by atoms with Crippen molar-refractivity contribution in [1.82, 2.24) is 18.3 Å². The molecule has 0 saturated carbocycles. The molecule has 24 rings (SSSR count). The summed E-state index contributed by atoms with van der Waals surface area (Å²) in [6, 6.07) is 110. The van der Waals surface area contributed by atoms with Gasteiger partial charge in [0.25, 0.3) is 0 Å². The predicted octanol–water partition coefficient (Wildman–Crippen LogP) is 25.6. The minimum atomic E-state index is 0.840. The average molecular weight is 1280 g/mol. The number of hydrogen-bond acceptors (Lipinski definition) is 4. The molecule has 16 aromatic carbocycles. The Balaban J connectivity index is 0.800. The van der Waals surface area contributed by atoms with E-state index >= 15 is 0 Å². The van der Waals surface area contributed by atoms with Crippen molar-refractivity contribution in [2.45, 2.75) is 0 Å². The summed E-state index contributed by atoms with van der Waals surface area (Å²) in [6.07, 6.45) is 0. The fourth-order valence-electron chi connectivity index (χ4n) is 17.7. The molecule has 0 saturated heterocycles. The maximum Gasteiger partial charge on any atom is 0.160 e. The Hall–Kier alpha value is -13.6. The van der Waals surface area contributed by atoms with Crippen LogP contribution in [0.2, 0.25) is 0 Å². The Bertz CT molecular complexity index is 7790. The molecule has 0 atom stereocenters. The molecule has 0 fully saturated rings. The van der Waals surface area contributed by atoms with Gasteiger partial charge < -0.3 is 35.9 Å². The second kappa shape index (κ2) is 19.1. The van der Waals surface area contributed by atoms with E-state index in [9.17, 15) is 0 Å². The molecule has 0 unspecified atom stereocenters. The molecule has 462 valence electrons. The van der Waals surface area contributed by atoms with Gasteiger partial charge in [0.1, 0.15) is 33.5 Å².